The topological polar surface area (TPSA) is 23.6 Å². The van der Waals surface area contributed by atoms with Gasteiger partial charge in [-0.05, 0) is 48.7 Å². The maximum atomic E-state index is 13.4. The van der Waals surface area contributed by atoms with Gasteiger partial charge in [-0.1, -0.05) is 18.2 Å². The molecule has 0 spiro atoms. The third kappa shape index (κ3) is 3.70. The van der Waals surface area contributed by atoms with E-state index >= 15 is 0 Å². The second-order valence-corrected chi connectivity index (χ2v) is 6.24. The summed E-state index contributed by atoms with van der Waals surface area (Å²) in [7, 11) is 3.91. The van der Waals surface area contributed by atoms with Gasteiger partial charge in [-0.3, -0.25) is 4.79 Å². The predicted octanol–water partition coefficient (Wildman–Crippen LogP) is 3.70. The molecule has 0 N–H and O–H groups in total. The van der Waals surface area contributed by atoms with Crippen LogP contribution in [0.2, 0.25) is 0 Å². The number of rotatable bonds is 5. The Morgan fingerprint density at radius 1 is 1.13 bits per heavy atom. The molecule has 3 nitrogen and oxygen atoms in total. The molecule has 23 heavy (non-hydrogen) atoms. The van der Waals surface area contributed by atoms with Gasteiger partial charge in [-0.15, -0.1) is 0 Å². The molecule has 0 aromatic heterocycles. The van der Waals surface area contributed by atoms with Gasteiger partial charge < -0.3 is 9.80 Å². The fourth-order valence-corrected chi connectivity index (χ4v) is 2.67. The highest BCUT2D eigenvalue weighted by Gasteiger charge is 2.33. The zero-order chi connectivity index (χ0) is 16.4. The van der Waals surface area contributed by atoms with E-state index in [1.54, 1.807) is 6.07 Å². The van der Waals surface area contributed by atoms with Gasteiger partial charge in [0.1, 0.15) is 5.82 Å². The summed E-state index contributed by atoms with van der Waals surface area (Å²) < 4.78 is 13.4. The van der Waals surface area contributed by atoms with Crippen molar-refractivity contribution in [3.63, 3.8) is 0 Å². The van der Waals surface area contributed by atoms with E-state index in [9.17, 15) is 9.18 Å². The molecule has 0 atom stereocenters. The van der Waals surface area contributed by atoms with Crippen molar-refractivity contribution in [2.75, 3.05) is 19.0 Å². The SMILES string of the molecule is CN(C)c1cccc(C(=O)N(Cc2cccc(F)c2)C2CC2)c1. The Balaban J connectivity index is 1.83. The molecule has 0 heterocycles. The van der Waals surface area contributed by atoms with Crippen molar-refractivity contribution in [1.82, 2.24) is 4.90 Å². The summed E-state index contributed by atoms with van der Waals surface area (Å²) in [6.45, 7) is 0.452. The molecule has 1 saturated carbocycles. The molecule has 1 aliphatic carbocycles. The summed E-state index contributed by atoms with van der Waals surface area (Å²) in [5, 5.41) is 0. The highest BCUT2D eigenvalue weighted by atomic mass is 19.1. The molecule has 1 fully saturated rings. The average Bonchev–Trinajstić information content (AvgIpc) is 3.37. The van der Waals surface area contributed by atoms with E-state index in [0.717, 1.165) is 24.1 Å². The number of nitrogens with zero attached hydrogens (tertiary/aromatic N) is 2. The molecular formula is C19H21FN2O. The van der Waals surface area contributed by atoms with Crippen LogP contribution in [0.5, 0.6) is 0 Å². The second-order valence-electron chi connectivity index (χ2n) is 6.24. The maximum absolute atomic E-state index is 13.4. The number of hydrogen-bond donors (Lipinski definition) is 0. The Kier molecular flexibility index (Phi) is 4.33. The largest absolute Gasteiger partial charge is 0.378 e. The Morgan fingerprint density at radius 2 is 1.87 bits per heavy atom. The van der Waals surface area contributed by atoms with Crippen molar-refractivity contribution in [2.45, 2.75) is 25.4 Å². The molecule has 0 aliphatic heterocycles. The standard InChI is InChI=1S/C19H21FN2O/c1-21(2)18-8-4-6-15(12-18)19(23)22(17-9-10-17)13-14-5-3-7-16(20)11-14/h3-8,11-12,17H,9-10,13H2,1-2H3. The van der Waals surface area contributed by atoms with Crippen LogP contribution in [0.4, 0.5) is 10.1 Å². The van der Waals surface area contributed by atoms with Crippen molar-refractivity contribution >= 4 is 11.6 Å². The minimum atomic E-state index is -0.264. The van der Waals surface area contributed by atoms with Crippen molar-refractivity contribution < 1.29 is 9.18 Å². The van der Waals surface area contributed by atoms with Crippen molar-refractivity contribution in [3.8, 4) is 0 Å². The van der Waals surface area contributed by atoms with Gasteiger partial charge in [0.25, 0.3) is 5.91 Å². The fraction of sp³-hybridized carbons (Fsp3) is 0.316. The molecule has 2 aromatic rings. The van der Waals surface area contributed by atoms with E-state index < -0.39 is 0 Å². The van der Waals surface area contributed by atoms with Crippen LogP contribution in [0, 0.1) is 5.82 Å². The average molecular weight is 312 g/mol. The highest BCUT2D eigenvalue weighted by molar-refractivity contribution is 5.95. The van der Waals surface area contributed by atoms with Crippen LogP contribution in [-0.2, 0) is 6.54 Å². The molecule has 0 unspecified atom stereocenters. The van der Waals surface area contributed by atoms with E-state index in [2.05, 4.69) is 0 Å². The van der Waals surface area contributed by atoms with Gasteiger partial charge in [-0.2, -0.15) is 0 Å². The Hall–Kier alpha value is -2.36. The number of halogens is 1. The Morgan fingerprint density at radius 3 is 2.52 bits per heavy atom. The van der Waals surface area contributed by atoms with Crippen molar-refractivity contribution in [3.05, 3.63) is 65.5 Å². The van der Waals surface area contributed by atoms with Gasteiger partial charge in [-0.25, -0.2) is 4.39 Å². The predicted molar refractivity (Wildman–Crippen MR) is 90.1 cm³/mol. The summed E-state index contributed by atoms with van der Waals surface area (Å²) in [5.74, 6) is -0.249. The summed E-state index contributed by atoms with van der Waals surface area (Å²) in [5.41, 5.74) is 2.51. The molecule has 120 valence electrons. The Labute approximate surface area is 136 Å². The van der Waals surface area contributed by atoms with E-state index in [4.69, 9.17) is 0 Å². The van der Waals surface area contributed by atoms with Gasteiger partial charge in [0.05, 0.1) is 0 Å². The first-order chi connectivity index (χ1) is 11.0. The van der Waals surface area contributed by atoms with E-state index in [1.165, 1.54) is 12.1 Å². The third-order valence-electron chi connectivity index (χ3n) is 4.10. The van der Waals surface area contributed by atoms with Crippen LogP contribution >= 0.6 is 0 Å². The molecule has 2 aromatic carbocycles. The molecule has 3 rings (SSSR count). The smallest absolute Gasteiger partial charge is 0.254 e. The number of carbonyl (C=O) groups excluding carboxylic acids is 1. The van der Waals surface area contributed by atoms with Crippen LogP contribution in [0.1, 0.15) is 28.8 Å². The summed E-state index contributed by atoms with van der Waals surface area (Å²) >= 11 is 0. The lowest BCUT2D eigenvalue weighted by Gasteiger charge is -2.23. The zero-order valence-corrected chi connectivity index (χ0v) is 13.5. The van der Waals surface area contributed by atoms with Crippen LogP contribution < -0.4 is 4.90 Å². The van der Waals surface area contributed by atoms with Crippen LogP contribution in [0.15, 0.2) is 48.5 Å². The number of carbonyl (C=O) groups is 1. The summed E-state index contributed by atoms with van der Waals surface area (Å²) in [4.78, 5) is 16.7. The number of hydrogen-bond acceptors (Lipinski definition) is 2. The number of anilines is 1. The van der Waals surface area contributed by atoms with Crippen molar-refractivity contribution in [2.24, 2.45) is 0 Å². The molecule has 4 heteroatoms. The highest BCUT2D eigenvalue weighted by Crippen LogP contribution is 2.30. The van der Waals surface area contributed by atoms with Gasteiger partial charge in [0.2, 0.25) is 0 Å². The first-order valence-electron chi connectivity index (χ1n) is 7.87. The minimum Gasteiger partial charge on any atom is -0.378 e. The van der Waals surface area contributed by atoms with Crippen LogP contribution in [0.25, 0.3) is 0 Å². The minimum absolute atomic E-state index is 0.0143. The third-order valence-corrected chi connectivity index (χ3v) is 4.10. The maximum Gasteiger partial charge on any atom is 0.254 e. The Bertz CT molecular complexity index is 710. The quantitative estimate of drug-likeness (QED) is 0.840. The molecule has 1 amide bonds. The lowest BCUT2D eigenvalue weighted by atomic mass is 10.1. The fourth-order valence-electron chi connectivity index (χ4n) is 2.67. The van der Waals surface area contributed by atoms with E-state index in [-0.39, 0.29) is 17.8 Å². The second kappa shape index (κ2) is 6.41. The molecule has 0 bridgehead atoms. The van der Waals surface area contributed by atoms with Gasteiger partial charge >= 0.3 is 0 Å². The van der Waals surface area contributed by atoms with Gasteiger partial charge in [0, 0.05) is 37.9 Å². The van der Waals surface area contributed by atoms with E-state index in [1.807, 2.05) is 54.2 Å². The first kappa shape index (κ1) is 15.5. The normalized spacial score (nSPS) is 13.7. The molecular weight excluding hydrogens is 291 g/mol. The first-order valence-corrected chi connectivity index (χ1v) is 7.87. The lowest BCUT2D eigenvalue weighted by Crippen LogP contribution is -2.32. The van der Waals surface area contributed by atoms with Gasteiger partial charge in [0.15, 0.2) is 0 Å². The monoisotopic (exact) mass is 312 g/mol. The molecule has 0 saturated heterocycles. The van der Waals surface area contributed by atoms with E-state index in [0.29, 0.717) is 12.1 Å². The molecule has 0 radical (unpaired) electrons. The molecule has 1 aliphatic rings. The summed E-state index contributed by atoms with van der Waals surface area (Å²) in [6, 6.07) is 14.4. The van der Waals surface area contributed by atoms with Crippen LogP contribution in [-0.4, -0.2) is 30.9 Å². The number of benzene rings is 2. The lowest BCUT2D eigenvalue weighted by molar-refractivity contribution is 0.0730. The summed E-state index contributed by atoms with van der Waals surface area (Å²) in [6.07, 6.45) is 2.04. The van der Waals surface area contributed by atoms with Crippen molar-refractivity contribution in [1.29, 1.82) is 0 Å². The number of amides is 1. The van der Waals surface area contributed by atoms with Crippen LogP contribution in [0.3, 0.4) is 0 Å². The zero-order valence-electron chi connectivity index (χ0n) is 13.5.